The number of aryl methyl sites for hydroxylation is 2. The van der Waals surface area contributed by atoms with Crippen molar-refractivity contribution in [2.24, 2.45) is 7.05 Å². The number of likely N-dealkylation sites (tertiary alicyclic amines) is 1. The summed E-state index contributed by atoms with van der Waals surface area (Å²) < 4.78 is 21.9. The zero-order chi connectivity index (χ0) is 31.7. The fourth-order valence-corrected chi connectivity index (χ4v) is 9.63. The van der Waals surface area contributed by atoms with E-state index < -0.39 is 5.41 Å². The van der Waals surface area contributed by atoms with Crippen molar-refractivity contribution in [1.29, 1.82) is 5.26 Å². The predicted octanol–water partition coefficient (Wildman–Crippen LogP) is 4.25. The monoisotopic (exact) mass is 642 g/mol. The molecule has 4 atom stereocenters. The molecule has 0 unspecified atom stereocenters. The number of anilines is 1. The summed E-state index contributed by atoms with van der Waals surface area (Å²) in [7, 11) is 3.83. The van der Waals surface area contributed by atoms with E-state index in [1.54, 1.807) is 16.2 Å². The molecule has 0 saturated carbocycles. The Morgan fingerprint density at radius 1 is 1.22 bits per heavy atom. The lowest BCUT2D eigenvalue weighted by molar-refractivity contribution is 0.139. The molecule has 8 rings (SSSR count). The average molecular weight is 643 g/mol. The van der Waals surface area contributed by atoms with Gasteiger partial charge >= 0.3 is 5.69 Å². The molecule has 2 aliphatic carbocycles. The molecule has 2 N–H and O–H groups in total. The van der Waals surface area contributed by atoms with E-state index in [4.69, 9.17) is 34.9 Å². The lowest BCUT2D eigenvalue weighted by Crippen LogP contribution is -2.39. The molecular formula is C33H38N8O4S. The van der Waals surface area contributed by atoms with Gasteiger partial charge in [-0.25, -0.2) is 9.78 Å². The zero-order valence-electron chi connectivity index (χ0n) is 26.3. The molecule has 12 nitrogen and oxygen atoms in total. The Balaban J connectivity index is 1.31. The van der Waals surface area contributed by atoms with Gasteiger partial charge in [-0.05, 0) is 83.0 Å². The number of likely N-dealkylation sites (N-methyl/N-ethyl adjacent to an activating group) is 1. The van der Waals surface area contributed by atoms with Crippen LogP contribution >= 0.6 is 11.3 Å². The first-order valence-electron chi connectivity index (χ1n) is 16.2. The minimum atomic E-state index is -0.442. The molecule has 2 aliphatic heterocycles. The molecule has 46 heavy (non-hydrogen) atoms. The quantitative estimate of drug-likeness (QED) is 0.303. The molecule has 1 spiro atoms. The Morgan fingerprint density at radius 2 is 2.04 bits per heavy atom. The highest BCUT2D eigenvalue weighted by atomic mass is 32.1. The molecule has 2 fully saturated rings. The Kier molecular flexibility index (Phi) is 7.08. The van der Waals surface area contributed by atoms with E-state index in [-0.39, 0.29) is 23.9 Å². The van der Waals surface area contributed by atoms with Crippen LogP contribution in [-0.4, -0.2) is 68.1 Å². The molecule has 0 bridgehead atoms. The Bertz CT molecular complexity index is 1960. The van der Waals surface area contributed by atoms with E-state index in [2.05, 4.69) is 24.6 Å². The van der Waals surface area contributed by atoms with Gasteiger partial charge in [-0.3, -0.25) is 14.0 Å². The van der Waals surface area contributed by atoms with E-state index >= 15 is 0 Å². The van der Waals surface area contributed by atoms with Crippen LogP contribution in [0, 0.1) is 11.3 Å². The lowest BCUT2D eigenvalue weighted by Gasteiger charge is -2.39. The van der Waals surface area contributed by atoms with Crippen molar-refractivity contribution < 1.29 is 14.0 Å². The second-order valence-electron chi connectivity index (χ2n) is 13.1. The van der Waals surface area contributed by atoms with Gasteiger partial charge in [0.2, 0.25) is 17.5 Å². The maximum Gasteiger partial charge on any atom is 0.330 e. The predicted molar refractivity (Wildman–Crippen MR) is 173 cm³/mol. The van der Waals surface area contributed by atoms with Gasteiger partial charge in [0.25, 0.3) is 0 Å². The summed E-state index contributed by atoms with van der Waals surface area (Å²) in [5.74, 6) is 1.12. The summed E-state index contributed by atoms with van der Waals surface area (Å²) in [4.78, 5) is 27.2. The maximum absolute atomic E-state index is 13.8. The number of nitrogen functional groups attached to an aromatic ring is 1. The van der Waals surface area contributed by atoms with Crippen LogP contribution in [0.5, 0.6) is 5.88 Å². The number of rotatable bonds is 6. The summed E-state index contributed by atoms with van der Waals surface area (Å²) >= 11 is 1.52. The molecule has 6 heterocycles. The number of nitrogens with two attached hydrogens (primary N) is 1. The molecule has 4 aromatic rings. The third-order valence-corrected chi connectivity index (χ3v) is 11.8. The lowest BCUT2D eigenvalue weighted by atomic mass is 9.62. The molecule has 240 valence electrons. The maximum atomic E-state index is 13.8. The molecule has 0 aromatic carbocycles. The first-order valence-corrected chi connectivity index (χ1v) is 17.0. The fraction of sp³-hybridized carbons (Fsp3) is 0.545. The van der Waals surface area contributed by atoms with Gasteiger partial charge in [0.05, 0.1) is 29.9 Å². The summed E-state index contributed by atoms with van der Waals surface area (Å²) in [5.41, 5.74) is 10.1. The van der Waals surface area contributed by atoms with Gasteiger partial charge in [0.1, 0.15) is 17.2 Å². The second-order valence-corrected chi connectivity index (χ2v) is 14.3. The van der Waals surface area contributed by atoms with Crippen LogP contribution in [0.3, 0.4) is 0 Å². The molecule has 0 amide bonds. The van der Waals surface area contributed by atoms with E-state index in [1.165, 1.54) is 16.2 Å². The van der Waals surface area contributed by atoms with Gasteiger partial charge in [-0.2, -0.15) is 10.2 Å². The standard InChI is InChI=1S/C33H38N8O4S/c1-4-22(21-9-7-14-39(21)2)44-31-25-30(41(32(42)40(25)3)18-11-15-43-17-18)36-29(37-31)26-19-8-5-12-33(27(19)38-45-26)13-6-10-23-24(33)20(16-34)28(35)46-23/h4,18,21-22H,1,5-15,17,35H2,2-3H3/t18-,21-,22-,33-/m0/s1. The van der Waals surface area contributed by atoms with Gasteiger partial charge in [0, 0.05) is 29.5 Å². The molecule has 2 saturated heterocycles. The zero-order valence-corrected chi connectivity index (χ0v) is 27.1. The van der Waals surface area contributed by atoms with Crippen LogP contribution in [0.4, 0.5) is 5.00 Å². The van der Waals surface area contributed by atoms with E-state index in [1.807, 2.05) is 6.08 Å². The van der Waals surface area contributed by atoms with Crippen LogP contribution in [0.25, 0.3) is 22.7 Å². The molecular weight excluding hydrogens is 604 g/mol. The fourth-order valence-electron chi connectivity index (χ4n) is 8.47. The van der Waals surface area contributed by atoms with E-state index in [9.17, 15) is 10.1 Å². The van der Waals surface area contributed by atoms with E-state index in [0.717, 1.165) is 74.7 Å². The second kappa shape index (κ2) is 11.1. The van der Waals surface area contributed by atoms with Crippen molar-refractivity contribution in [3.05, 3.63) is 50.4 Å². The summed E-state index contributed by atoms with van der Waals surface area (Å²) in [6.07, 6.45) is 9.51. The van der Waals surface area contributed by atoms with Crippen LogP contribution in [0.1, 0.15) is 78.2 Å². The number of imidazole rings is 1. The van der Waals surface area contributed by atoms with Crippen LogP contribution in [0.2, 0.25) is 0 Å². The molecule has 4 aromatic heterocycles. The van der Waals surface area contributed by atoms with Crippen molar-refractivity contribution in [1.82, 2.24) is 29.2 Å². The number of ether oxygens (including phenoxy) is 2. The van der Waals surface area contributed by atoms with Crippen LogP contribution < -0.4 is 16.2 Å². The van der Waals surface area contributed by atoms with Crippen molar-refractivity contribution >= 4 is 27.5 Å². The molecule has 13 heteroatoms. The van der Waals surface area contributed by atoms with Crippen LogP contribution in [-0.2, 0) is 30.0 Å². The third-order valence-electron chi connectivity index (χ3n) is 10.7. The topological polar surface area (TPSA) is 150 Å². The summed E-state index contributed by atoms with van der Waals surface area (Å²) in [6, 6.07) is 2.38. The number of thiophene rings is 1. The highest BCUT2D eigenvalue weighted by Crippen LogP contribution is 2.54. The number of aromatic nitrogens is 5. The van der Waals surface area contributed by atoms with Crippen molar-refractivity contribution in [3.8, 4) is 23.5 Å². The average Bonchev–Trinajstić information content (AvgIpc) is 3.88. The normalized spacial score (nSPS) is 25.1. The van der Waals surface area contributed by atoms with Crippen molar-refractivity contribution in [3.63, 3.8) is 0 Å². The minimum Gasteiger partial charge on any atom is -0.467 e. The van der Waals surface area contributed by atoms with Crippen LogP contribution in [0.15, 0.2) is 22.0 Å². The highest BCUT2D eigenvalue weighted by Gasteiger charge is 2.48. The number of nitrogens with zero attached hydrogens (tertiary/aromatic N) is 7. The first kappa shape index (κ1) is 29.4. The molecule has 0 radical (unpaired) electrons. The Morgan fingerprint density at radius 3 is 2.76 bits per heavy atom. The largest absolute Gasteiger partial charge is 0.467 e. The van der Waals surface area contributed by atoms with Gasteiger partial charge in [-0.15, -0.1) is 11.3 Å². The van der Waals surface area contributed by atoms with Gasteiger partial charge in [0.15, 0.2) is 11.2 Å². The third kappa shape index (κ3) is 4.23. The van der Waals surface area contributed by atoms with E-state index in [0.29, 0.717) is 58.8 Å². The number of hydrogen-bond acceptors (Lipinski definition) is 11. The van der Waals surface area contributed by atoms with Crippen molar-refractivity contribution in [2.45, 2.75) is 81.4 Å². The first-order chi connectivity index (χ1) is 22.4. The number of fused-ring (bicyclic) bond motifs is 5. The van der Waals surface area contributed by atoms with Gasteiger partial charge in [-0.1, -0.05) is 11.7 Å². The molecule has 4 aliphatic rings. The highest BCUT2D eigenvalue weighted by molar-refractivity contribution is 7.16. The smallest absolute Gasteiger partial charge is 0.330 e. The van der Waals surface area contributed by atoms with Crippen molar-refractivity contribution in [2.75, 3.05) is 32.5 Å². The summed E-state index contributed by atoms with van der Waals surface area (Å²) in [5, 5.41) is 15.4. The number of nitriles is 1. The minimum absolute atomic E-state index is 0.138. The number of hydrogen-bond donors (Lipinski definition) is 1. The Hall–Kier alpha value is -3.99. The van der Waals surface area contributed by atoms with Gasteiger partial charge < -0.3 is 19.7 Å². The SMILES string of the molecule is C=C[C@H](Oc1nc(-c2onc3c2CCC[C@@]32CCCc3sc(N)c(C#N)c32)nc2c1n(C)c(=O)n2[C@H]1CCOC1)[C@@H]1CCCN1C. The summed E-state index contributed by atoms with van der Waals surface area (Å²) in [6.45, 7) is 6.09. The Labute approximate surface area is 270 Å².